The van der Waals surface area contributed by atoms with Gasteiger partial charge in [0.25, 0.3) is 11.8 Å². The number of hydrogen-bond acceptors (Lipinski definition) is 7. The number of alkyl halides is 5. The van der Waals surface area contributed by atoms with E-state index in [1.54, 1.807) is 18.2 Å². The number of anilines is 2. The minimum Gasteiger partial charge on any atom is -0.402 e. The van der Waals surface area contributed by atoms with Crippen molar-refractivity contribution in [2.24, 2.45) is 0 Å². The van der Waals surface area contributed by atoms with Crippen LogP contribution in [0.25, 0.3) is 22.5 Å². The van der Waals surface area contributed by atoms with Crippen molar-refractivity contribution in [2.45, 2.75) is 76.6 Å². The van der Waals surface area contributed by atoms with Crippen LogP contribution in [0, 0.1) is 6.92 Å². The first-order valence-electron chi connectivity index (χ1n) is 11.6. The molecule has 0 amide bonds. The van der Waals surface area contributed by atoms with Gasteiger partial charge in [0.1, 0.15) is 18.3 Å². The van der Waals surface area contributed by atoms with Crippen LogP contribution in [0.3, 0.4) is 0 Å². The van der Waals surface area contributed by atoms with E-state index in [0.29, 0.717) is 22.3 Å². The average Bonchev–Trinajstić information content (AvgIpc) is 3.22. The van der Waals surface area contributed by atoms with E-state index in [2.05, 4.69) is 20.8 Å². The summed E-state index contributed by atoms with van der Waals surface area (Å²) >= 11 is 0. The lowest BCUT2D eigenvalue weighted by Crippen LogP contribution is -2.43. The third kappa shape index (κ3) is 5.69. The van der Waals surface area contributed by atoms with Crippen molar-refractivity contribution in [3.8, 4) is 11.6 Å². The van der Waals surface area contributed by atoms with E-state index in [1.165, 1.54) is 0 Å². The fraction of sp³-hybridized carbons (Fsp3) is 0.542. The predicted octanol–water partition coefficient (Wildman–Crippen LogP) is 5.83. The summed E-state index contributed by atoms with van der Waals surface area (Å²) < 4.78 is 71.1. The smallest absolute Gasteiger partial charge is 0.402 e. The summed E-state index contributed by atoms with van der Waals surface area (Å²) in [5.74, 6) is -3.01. The lowest BCUT2D eigenvalue weighted by atomic mass is 9.84. The Kier molecular flexibility index (Phi) is 6.61. The second kappa shape index (κ2) is 9.13. The molecule has 0 bridgehead atoms. The molecule has 1 aliphatic rings. The van der Waals surface area contributed by atoms with Crippen LogP contribution in [-0.4, -0.2) is 51.1 Å². The zero-order valence-electron chi connectivity index (χ0n) is 20.3. The van der Waals surface area contributed by atoms with Crippen molar-refractivity contribution in [3.05, 3.63) is 29.3 Å². The van der Waals surface area contributed by atoms with Gasteiger partial charge < -0.3 is 20.2 Å². The molecule has 4 rings (SSSR count). The van der Waals surface area contributed by atoms with Crippen molar-refractivity contribution in [1.82, 2.24) is 15.2 Å². The second-order valence-corrected chi connectivity index (χ2v) is 10.3. The first kappa shape index (κ1) is 26.1. The van der Waals surface area contributed by atoms with E-state index in [-0.39, 0.29) is 24.7 Å². The number of aromatic nitrogens is 3. The zero-order chi connectivity index (χ0) is 26.5. The van der Waals surface area contributed by atoms with Crippen LogP contribution in [-0.2, 0) is 5.41 Å². The van der Waals surface area contributed by atoms with Gasteiger partial charge in [0.15, 0.2) is 0 Å². The Balaban J connectivity index is 1.64. The van der Waals surface area contributed by atoms with Crippen molar-refractivity contribution in [1.29, 1.82) is 0 Å². The molecule has 2 unspecified atom stereocenters. The van der Waals surface area contributed by atoms with E-state index in [9.17, 15) is 27.1 Å². The highest BCUT2D eigenvalue weighted by Crippen LogP contribution is 2.37. The predicted molar refractivity (Wildman–Crippen MR) is 125 cm³/mol. The number of benzene rings is 1. The van der Waals surface area contributed by atoms with Crippen LogP contribution in [0.15, 0.2) is 22.6 Å². The summed E-state index contributed by atoms with van der Waals surface area (Å²) in [5.41, 5.74) is 2.37. The molecule has 2 heterocycles. The molecule has 2 atom stereocenters. The van der Waals surface area contributed by atoms with Gasteiger partial charge in [-0.05, 0) is 54.5 Å². The first-order chi connectivity index (χ1) is 16.6. The molecule has 0 saturated heterocycles. The summed E-state index contributed by atoms with van der Waals surface area (Å²) in [5, 5.41) is 23.6. The lowest BCUT2D eigenvalue weighted by molar-refractivity contribution is -0.133. The summed E-state index contributed by atoms with van der Waals surface area (Å²) in [6, 6.07) is 4.57. The number of halogens is 5. The fourth-order valence-electron chi connectivity index (χ4n) is 4.26. The highest BCUT2D eigenvalue weighted by atomic mass is 19.4. The summed E-state index contributed by atoms with van der Waals surface area (Å²) in [6.07, 6.45) is -6.57. The maximum atomic E-state index is 13.5. The Bertz CT molecular complexity index is 1250. The van der Waals surface area contributed by atoms with Gasteiger partial charge in [0, 0.05) is 23.5 Å². The standard InChI is InChI=1S/C24H28F5N5O2/c1-12-7-17(20-33-34-21(36-20)31-13-5-6-23(25,26)18(35)10-13)32-19-15(12)8-14(30-11-24(27,28)29)9-16(19)22(2,3)4/h7-9,13,18,30,35H,5-6,10-11H2,1-4H3,(H,31,34). The SMILES string of the molecule is Cc1cc(-c2nnc(NC3CCC(F)(F)C(O)C3)o2)nc2c(C(C)(C)C)cc(NCC(F)(F)F)cc12. The van der Waals surface area contributed by atoms with Crippen LogP contribution in [0.2, 0.25) is 0 Å². The number of aryl methyl sites for hydroxylation is 1. The molecule has 196 valence electrons. The molecule has 1 aromatic carbocycles. The molecule has 0 radical (unpaired) electrons. The Morgan fingerprint density at radius 3 is 2.50 bits per heavy atom. The molecular weight excluding hydrogens is 485 g/mol. The van der Waals surface area contributed by atoms with Crippen molar-refractivity contribution < 1.29 is 31.5 Å². The van der Waals surface area contributed by atoms with Gasteiger partial charge in [0.05, 0.1) is 5.52 Å². The Labute approximate surface area is 204 Å². The third-order valence-corrected chi connectivity index (χ3v) is 6.21. The van der Waals surface area contributed by atoms with Crippen molar-refractivity contribution >= 4 is 22.6 Å². The van der Waals surface area contributed by atoms with Gasteiger partial charge in [-0.15, -0.1) is 5.10 Å². The number of fused-ring (bicyclic) bond motifs is 1. The molecule has 7 nitrogen and oxygen atoms in total. The van der Waals surface area contributed by atoms with Gasteiger partial charge in [-0.1, -0.05) is 25.9 Å². The molecule has 3 aromatic rings. The average molecular weight is 514 g/mol. The number of rotatable bonds is 5. The third-order valence-electron chi connectivity index (χ3n) is 6.21. The van der Waals surface area contributed by atoms with E-state index < -0.39 is 42.6 Å². The second-order valence-electron chi connectivity index (χ2n) is 10.3. The molecular formula is C24H28F5N5O2. The quantitative estimate of drug-likeness (QED) is 0.370. The molecule has 2 aromatic heterocycles. The normalized spacial score (nSPS) is 20.5. The van der Waals surface area contributed by atoms with Gasteiger partial charge >= 0.3 is 12.2 Å². The lowest BCUT2D eigenvalue weighted by Gasteiger charge is -2.32. The fourth-order valence-corrected chi connectivity index (χ4v) is 4.26. The number of pyridine rings is 1. The largest absolute Gasteiger partial charge is 0.405 e. The number of aliphatic hydroxyl groups is 1. The van der Waals surface area contributed by atoms with E-state index >= 15 is 0 Å². The van der Waals surface area contributed by atoms with Crippen LogP contribution in [0.4, 0.5) is 33.7 Å². The Morgan fingerprint density at radius 2 is 1.86 bits per heavy atom. The van der Waals surface area contributed by atoms with Crippen LogP contribution < -0.4 is 10.6 Å². The Morgan fingerprint density at radius 1 is 1.14 bits per heavy atom. The van der Waals surface area contributed by atoms with Gasteiger partial charge in [-0.3, -0.25) is 0 Å². The molecule has 0 spiro atoms. The Hall–Kier alpha value is -3.02. The van der Waals surface area contributed by atoms with Crippen molar-refractivity contribution in [2.75, 3.05) is 17.2 Å². The van der Waals surface area contributed by atoms with Crippen LogP contribution in [0.5, 0.6) is 0 Å². The molecule has 36 heavy (non-hydrogen) atoms. The topological polar surface area (TPSA) is 96.1 Å². The van der Waals surface area contributed by atoms with Gasteiger partial charge in [-0.25, -0.2) is 13.8 Å². The number of nitrogens with one attached hydrogen (secondary N) is 2. The number of hydrogen-bond donors (Lipinski definition) is 3. The van der Waals surface area contributed by atoms with E-state index in [0.717, 1.165) is 11.1 Å². The highest BCUT2D eigenvalue weighted by molar-refractivity contribution is 5.90. The number of nitrogens with zero attached hydrogens (tertiary/aromatic N) is 3. The summed E-state index contributed by atoms with van der Waals surface area (Å²) in [4.78, 5) is 4.70. The first-order valence-corrected chi connectivity index (χ1v) is 11.6. The van der Waals surface area contributed by atoms with Gasteiger partial charge in [-0.2, -0.15) is 13.2 Å². The maximum Gasteiger partial charge on any atom is 0.405 e. The van der Waals surface area contributed by atoms with E-state index in [1.807, 2.05) is 27.7 Å². The monoisotopic (exact) mass is 513 g/mol. The molecule has 1 fully saturated rings. The highest BCUT2D eigenvalue weighted by Gasteiger charge is 2.44. The summed E-state index contributed by atoms with van der Waals surface area (Å²) in [6.45, 7) is 6.48. The van der Waals surface area contributed by atoms with Crippen LogP contribution >= 0.6 is 0 Å². The summed E-state index contributed by atoms with van der Waals surface area (Å²) in [7, 11) is 0. The van der Waals surface area contributed by atoms with Crippen LogP contribution in [0.1, 0.15) is 51.2 Å². The van der Waals surface area contributed by atoms with Gasteiger partial charge in [0.2, 0.25) is 0 Å². The molecule has 0 aliphatic heterocycles. The zero-order valence-corrected chi connectivity index (χ0v) is 20.3. The van der Waals surface area contributed by atoms with E-state index in [4.69, 9.17) is 9.40 Å². The maximum absolute atomic E-state index is 13.5. The molecule has 1 saturated carbocycles. The number of aliphatic hydroxyl groups excluding tert-OH is 1. The minimum absolute atomic E-state index is 0.0229. The molecule has 3 N–H and O–H groups in total. The minimum atomic E-state index is -4.35. The van der Waals surface area contributed by atoms with Crippen molar-refractivity contribution in [3.63, 3.8) is 0 Å². The molecule has 12 heteroatoms. The molecule has 1 aliphatic carbocycles.